The predicted octanol–water partition coefficient (Wildman–Crippen LogP) is 2.37. The third-order valence-corrected chi connectivity index (χ3v) is 2.67. The molecule has 1 rings (SSSR count). The highest BCUT2D eigenvalue weighted by Gasteiger charge is 2.05. The van der Waals surface area contributed by atoms with E-state index in [-0.39, 0.29) is 0 Å². The van der Waals surface area contributed by atoms with Gasteiger partial charge in [0.2, 0.25) is 0 Å². The molecule has 72 valence electrons. The first-order valence-corrected chi connectivity index (χ1v) is 5.36. The smallest absolute Gasteiger partial charge is 0.0413 e. The average Bonchev–Trinajstić information content (AvgIpc) is 2.17. The Labute approximate surface area is 87.7 Å². The second-order valence-electron chi connectivity index (χ2n) is 3.18. The molecule has 0 aliphatic rings. The third kappa shape index (κ3) is 3.44. The van der Waals surface area contributed by atoms with Crippen molar-refractivity contribution in [3.63, 3.8) is 0 Å². The summed E-state index contributed by atoms with van der Waals surface area (Å²) in [4.78, 5) is 4.31. The lowest BCUT2D eigenvalue weighted by Crippen LogP contribution is -2.16. The summed E-state index contributed by atoms with van der Waals surface area (Å²) >= 11 is 3.36. The summed E-state index contributed by atoms with van der Waals surface area (Å²) < 4.78 is 1.03. The molecule has 13 heavy (non-hydrogen) atoms. The Kier molecular flexibility index (Phi) is 4.39. The van der Waals surface area contributed by atoms with Crippen LogP contribution in [0.2, 0.25) is 0 Å². The first-order chi connectivity index (χ1) is 6.26. The van der Waals surface area contributed by atoms with Gasteiger partial charge in [-0.15, -0.1) is 0 Å². The first kappa shape index (κ1) is 10.7. The van der Waals surface area contributed by atoms with Gasteiger partial charge < -0.3 is 5.73 Å². The number of pyridine rings is 1. The van der Waals surface area contributed by atoms with Gasteiger partial charge in [0.1, 0.15) is 0 Å². The van der Waals surface area contributed by atoms with Gasteiger partial charge in [0.05, 0.1) is 0 Å². The molecule has 0 radical (unpaired) electrons. The van der Waals surface area contributed by atoms with Gasteiger partial charge in [-0.05, 0) is 46.9 Å². The van der Waals surface area contributed by atoms with Crippen LogP contribution in [0.4, 0.5) is 0 Å². The molecule has 1 unspecified atom stereocenters. The van der Waals surface area contributed by atoms with Crippen molar-refractivity contribution >= 4 is 15.9 Å². The molecule has 0 amide bonds. The molecule has 1 aromatic heterocycles. The quantitative estimate of drug-likeness (QED) is 0.881. The Morgan fingerprint density at radius 2 is 2.31 bits per heavy atom. The molecule has 0 fully saturated rings. The molecule has 0 aromatic carbocycles. The second-order valence-corrected chi connectivity index (χ2v) is 4.10. The van der Waals surface area contributed by atoms with E-state index in [0.29, 0.717) is 5.92 Å². The van der Waals surface area contributed by atoms with Gasteiger partial charge >= 0.3 is 0 Å². The van der Waals surface area contributed by atoms with Crippen molar-refractivity contribution in [3.05, 3.63) is 28.5 Å². The van der Waals surface area contributed by atoms with Crippen molar-refractivity contribution in [2.45, 2.75) is 19.8 Å². The van der Waals surface area contributed by atoms with Crippen LogP contribution in [0.3, 0.4) is 0 Å². The molecule has 1 heterocycles. The van der Waals surface area contributed by atoms with Crippen LogP contribution in [0.15, 0.2) is 22.8 Å². The van der Waals surface area contributed by atoms with E-state index in [1.807, 2.05) is 18.3 Å². The zero-order valence-electron chi connectivity index (χ0n) is 7.83. The molecule has 0 saturated heterocycles. The lowest BCUT2D eigenvalue weighted by molar-refractivity contribution is 0.512. The Morgan fingerprint density at radius 1 is 1.54 bits per heavy atom. The Balaban J connectivity index is 2.58. The van der Waals surface area contributed by atoms with Crippen molar-refractivity contribution in [2.75, 3.05) is 6.54 Å². The van der Waals surface area contributed by atoms with Gasteiger partial charge in [0.25, 0.3) is 0 Å². The van der Waals surface area contributed by atoms with E-state index in [0.717, 1.165) is 29.6 Å². The number of nitrogens with zero attached hydrogens (tertiary/aromatic N) is 1. The molecule has 0 aliphatic heterocycles. The van der Waals surface area contributed by atoms with Gasteiger partial charge in [0, 0.05) is 16.4 Å². The molecule has 0 saturated carbocycles. The molecule has 1 atom stereocenters. The largest absolute Gasteiger partial charge is 0.330 e. The third-order valence-electron chi connectivity index (χ3n) is 2.20. The zero-order valence-corrected chi connectivity index (χ0v) is 9.42. The highest BCUT2D eigenvalue weighted by atomic mass is 79.9. The number of nitrogens with two attached hydrogens (primary N) is 1. The van der Waals surface area contributed by atoms with Crippen molar-refractivity contribution in [1.82, 2.24) is 4.98 Å². The fourth-order valence-corrected chi connectivity index (χ4v) is 1.45. The second kappa shape index (κ2) is 5.35. The standard InChI is InChI=1S/C10H15BrN2/c1-2-8(6-12)5-10-4-3-9(11)7-13-10/h3-4,7-8H,2,5-6,12H2,1H3. The van der Waals surface area contributed by atoms with Crippen LogP contribution in [-0.4, -0.2) is 11.5 Å². The molecule has 3 heteroatoms. The SMILES string of the molecule is CCC(CN)Cc1ccc(Br)cn1. The maximum Gasteiger partial charge on any atom is 0.0413 e. The average molecular weight is 243 g/mol. The van der Waals surface area contributed by atoms with Gasteiger partial charge in [-0.25, -0.2) is 0 Å². The van der Waals surface area contributed by atoms with Crippen LogP contribution in [0, 0.1) is 5.92 Å². The fraction of sp³-hybridized carbons (Fsp3) is 0.500. The van der Waals surface area contributed by atoms with E-state index in [1.54, 1.807) is 0 Å². The van der Waals surface area contributed by atoms with Gasteiger partial charge in [-0.3, -0.25) is 4.98 Å². The van der Waals surface area contributed by atoms with Crippen LogP contribution in [-0.2, 0) is 6.42 Å². The minimum absolute atomic E-state index is 0.564. The summed E-state index contributed by atoms with van der Waals surface area (Å²) in [7, 11) is 0. The van der Waals surface area contributed by atoms with Gasteiger partial charge in [-0.1, -0.05) is 13.3 Å². The lowest BCUT2D eigenvalue weighted by Gasteiger charge is -2.10. The first-order valence-electron chi connectivity index (χ1n) is 4.56. The summed E-state index contributed by atoms with van der Waals surface area (Å²) in [5.41, 5.74) is 6.75. The molecular formula is C10H15BrN2. The van der Waals surface area contributed by atoms with Crippen molar-refractivity contribution in [2.24, 2.45) is 11.7 Å². The van der Waals surface area contributed by atoms with E-state index in [4.69, 9.17) is 5.73 Å². The minimum atomic E-state index is 0.564. The minimum Gasteiger partial charge on any atom is -0.330 e. The van der Waals surface area contributed by atoms with E-state index >= 15 is 0 Å². The normalized spacial score (nSPS) is 12.8. The van der Waals surface area contributed by atoms with E-state index < -0.39 is 0 Å². The van der Waals surface area contributed by atoms with E-state index in [1.165, 1.54) is 0 Å². The number of halogens is 1. The van der Waals surface area contributed by atoms with Crippen molar-refractivity contribution < 1.29 is 0 Å². The van der Waals surface area contributed by atoms with Crippen molar-refractivity contribution in [1.29, 1.82) is 0 Å². The van der Waals surface area contributed by atoms with Crippen molar-refractivity contribution in [3.8, 4) is 0 Å². The summed E-state index contributed by atoms with van der Waals surface area (Å²) in [5, 5.41) is 0. The fourth-order valence-electron chi connectivity index (χ4n) is 1.22. The maximum absolute atomic E-state index is 5.62. The van der Waals surface area contributed by atoms with E-state index in [2.05, 4.69) is 27.8 Å². The summed E-state index contributed by atoms with van der Waals surface area (Å²) in [5.74, 6) is 0.564. The molecule has 0 aliphatic carbocycles. The number of aromatic nitrogens is 1. The Bertz CT molecular complexity index is 242. The molecule has 2 N–H and O–H groups in total. The van der Waals surface area contributed by atoms with E-state index in [9.17, 15) is 0 Å². The Morgan fingerprint density at radius 3 is 2.77 bits per heavy atom. The molecule has 2 nitrogen and oxygen atoms in total. The number of rotatable bonds is 4. The van der Waals surface area contributed by atoms with Crippen LogP contribution in [0.25, 0.3) is 0 Å². The Hall–Kier alpha value is -0.410. The molecular weight excluding hydrogens is 228 g/mol. The number of hydrogen-bond donors (Lipinski definition) is 1. The summed E-state index contributed by atoms with van der Waals surface area (Å²) in [6.45, 7) is 2.91. The predicted molar refractivity (Wildman–Crippen MR) is 58.5 cm³/mol. The van der Waals surface area contributed by atoms with Crippen LogP contribution < -0.4 is 5.73 Å². The zero-order chi connectivity index (χ0) is 9.68. The number of hydrogen-bond acceptors (Lipinski definition) is 2. The summed E-state index contributed by atoms with van der Waals surface area (Å²) in [6.07, 6.45) is 3.94. The van der Waals surface area contributed by atoms with Crippen LogP contribution in [0.1, 0.15) is 19.0 Å². The lowest BCUT2D eigenvalue weighted by atomic mass is 10.0. The monoisotopic (exact) mass is 242 g/mol. The summed E-state index contributed by atoms with van der Waals surface area (Å²) in [6, 6.07) is 4.06. The van der Waals surface area contributed by atoms with Gasteiger partial charge in [-0.2, -0.15) is 0 Å². The van der Waals surface area contributed by atoms with Crippen LogP contribution >= 0.6 is 15.9 Å². The van der Waals surface area contributed by atoms with Gasteiger partial charge in [0.15, 0.2) is 0 Å². The molecule has 0 bridgehead atoms. The molecule has 0 spiro atoms. The highest BCUT2D eigenvalue weighted by Crippen LogP contribution is 2.12. The molecule has 1 aromatic rings. The topological polar surface area (TPSA) is 38.9 Å². The maximum atomic E-state index is 5.62. The highest BCUT2D eigenvalue weighted by molar-refractivity contribution is 9.10. The van der Waals surface area contributed by atoms with Crippen LogP contribution in [0.5, 0.6) is 0 Å².